The number of aromatic nitrogens is 2. The molecule has 0 atom stereocenters. The van der Waals surface area contributed by atoms with E-state index < -0.39 is 9.05 Å². The molecular formula is C8H3Cl2N3O2S. The van der Waals surface area contributed by atoms with Gasteiger partial charge in [-0.1, -0.05) is 0 Å². The van der Waals surface area contributed by atoms with E-state index in [1.807, 2.05) is 6.07 Å². The first-order valence-electron chi connectivity index (χ1n) is 3.96. The van der Waals surface area contributed by atoms with Crippen LogP contribution in [0.1, 0.15) is 5.56 Å². The number of rotatable bonds is 1. The average Bonchev–Trinajstić information content (AvgIpc) is 2.55. The molecule has 1 aromatic heterocycles. The highest BCUT2D eigenvalue weighted by Gasteiger charge is 2.19. The SMILES string of the molecule is N#Cc1ccc(S(=O)(=O)Cl)c2nc(Cl)[nH]c12. The lowest BCUT2D eigenvalue weighted by Crippen LogP contribution is -1.93. The highest BCUT2D eigenvalue weighted by molar-refractivity contribution is 8.14. The van der Waals surface area contributed by atoms with Gasteiger partial charge in [0.2, 0.25) is 5.28 Å². The van der Waals surface area contributed by atoms with E-state index in [2.05, 4.69) is 9.97 Å². The summed E-state index contributed by atoms with van der Waals surface area (Å²) >= 11 is 5.62. The summed E-state index contributed by atoms with van der Waals surface area (Å²) in [6, 6.07) is 4.46. The van der Waals surface area contributed by atoms with Crippen molar-refractivity contribution in [2.75, 3.05) is 0 Å². The molecule has 82 valence electrons. The molecule has 0 saturated heterocycles. The molecule has 0 fully saturated rings. The van der Waals surface area contributed by atoms with Crippen molar-refractivity contribution in [1.82, 2.24) is 9.97 Å². The zero-order valence-electron chi connectivity index (χ0n) is 7.53. The highest BCUT2D eigenvalue weighted by Crippen LogP contribution is 2.27. The highest BCUT2D eigenvalue weighted by atomic mass is 35.7. The van der Waals surface area contributed by atoms with E-state index in [1.165, 1.54) is 12.1 Å². The summed E-state index contributed by atoms with van der Waals surface area (Å²) in [7, 11) is 1.32. The first kappa shape index (κ1) is 11.2. The maximum Gasteiger partial charge on any atom is 0.263 e. The Hall–Kier alpha value is -1.29. The van der Waals surface area contributed by atoms with Gasteiger partial charge in [0.1, 0.15) is 16.5 Å². The van der Waals surface area contributed by atoms with E-state index in [1.54, 1.807) is 0 Å². The Morgan fingerprint density at radius 3 is 2.69 bits per heavy atom. The molecule has 1 heterocycles. The van der Waals surface area contributed by atoms with E-state index in [0.717, 1.165) is 0 Å². The van der Waals surface area contributed by atoms with Crippen molar-refractivity contribution < 1.29 is 8.42 Å². The van der Waals surface area contributed by atoms with Crippen LogP contribution >= 0.6 is 22.3 Å². The average molecular weight is 276 g/mol. The van der Waals surface area contributed by atoms with Crippen molar-refractivity contribution in [2.45, 2.75) is 4.90 Å². The van der Waals surface area contributed by atoms with Crippen LogP contribution in [0.2, 0.25) is 5.28 Å². The molecule has 0 radical (unpaired) electrons. The van der Waals surface area contributed by atoms with Crippen LogP contribution in [0.25, 0.3) is 11.0 Å². The molecule has 0 aliphatic carbocycles. The molecule has 5 nitrogen and oxygen atoms in total. The second-order valence-electron chi connectivity index (χ2n) is 2.91. The van der Waals surface area contributed by atoms with Gasteiger partial charge in [0.25, 0.3) is 9.05 Å². The monoisotopic (exact) mass is 275 g/mol. The molecule has 8 heteroatoms. The van der Waals surface area contributed by atoms with E-state index in [-0.39, 0.29) is 26.8 Å². The number of nitrogens with zero attached hydrogens (tertiary/aromatic N) is 2. The minimum absolute atomic E-state index is 0.000679. The third-order valence-electron chi connectivity index (χ3n) is 1.96. The van der Waals surface area contributed by atoms with Crippen LogP contribution in [0, 0.1) is 11.3 Å². The van der Waals surface area contributed by atoms with E-state index in [9.17, 15) is 8.42 Å². The molecule has 2 aromatic rings. The van der Waals surface area contributed by atoms with Crippen LogP contribution in [0.4, 0.5) is 0 Å². The summed E-state index contributed by atoms with van der Waals surface area (Å²) in [4.78, 5) is 6.21. The standard InChI is InChI=1S/C8H3Cl2N3O2S/c9-8-12-6-4(3-11)1-2-5(7(6)13-8)16(10,14)15/h1-2H,(H,12,13). The van der Waals surface area contributed by atoms with Crippen molar-refractivity contribution in [3.63, 3.8) is 0 Å². The van der Waals surface area contributed by atoms with Gasteiger partial charge in [-0.05, 0) is 23.7 Å². The van der Waals surface area contributed by atoms with Gasteiger partial charge in [-0.25, -0.2) is 13.4 Å². The number of imidazole rings is 1. The number of fused-ring (bicyclic) bond motifs is 1. The molecular weight excluding hydrogens is 273 g/mol. The largest absolute Gasteiger partial charge is 0.327 e. The molecule has 0 aliphatic heterocycles. The topological polar surface area (TPSA) is 86.6 Å². The summed E-state index contributed by atoms with van der Waals surface area (Å²) in [5.41, 5.74) is 0.576. The van der Waals surface area contributed by atoms with Gasteiger partial charge in [0, 0.05) is 10.7 Å². The van der Waals surface area contributed by atoms with Crippen molar-refractivity contribution in [1.29, 1.82) is 5.26 Å². The van der Waals surface area contributed by atoms with Gasteiger partial charge >= 0.3 is 0 Å². The Labute approximate surface area is 100 Å². The van der Waals surface area contributed by atoms with Crippen molar-refractivity contribution in [2.24, 2.45) is 0 Å². The lowest BCUT2D eigenvalue weighted by molar-refractivity contribution is 0.610. The van der Waals surface area contributed by atoms with Crippen molar-refractivity contribution in [3.8, 4) is 6.07 Å². The fourth-order valence-electron chi connectivity index (χ4n) is 1.33. The molecule has 0 bridgehead atoms. The maximum atomic E-state index is 11.2. The first-order chi connectivity index (χ1) is 7.43. The van der Waals surface area contributed by atoms with Crippen molar-refractivity contribution >= 4 is 42.4 Å². The fraction of sp³-hybridized carbons (Fsp3) is 0. The van der Waals surface area contributed by atoms with Gasteiger partial charge in [-0.2, -0.15) is 5.26 Å². The van der Waals surface area contributed by atoms with Crippen LogP contribution < -0.4 is 0 Å². The number of hydrogen-bond donors (Lipinski definition) is 1. The number of hydrogen-bond acceptors (Lipinski definition) is 4. The molecule has 1 N–H and O–H groups in total. The van der Waals surface area contributed by atoms with Gasteiger partial charge in [-0.15, -0.1) is 0 Å². The molecule has 2 rings (SSSR count). The van der Waals surface area contributed by atoms with Crippen LogP contribution in [0.5, 0.6) is 0 Å². The summed E-state index contributed by atoms with van der Waals surface area (Å²) in [6.07, 6.45) is 0. The molecule has 0 spiro atoms. The number of halogens is 2. The number of nitriles is 1. The number of aromatic amines is 1. The Morgan fingerprint density at radius 1 is 1.44 bits per heavy atom. The number of benzene rings is 1. The molecule has 0 aliphatic rings. The molecule has 16 heavy (non-hydrogen) atoms. The van der Waals surface area contributed by atoms with Gasteiger partial charge < -0.3 is 4.98 Å². The minimum Gasteiger partial charge on any atom is -0.327 e. The Kier molecular flexibility index (Phi) is 2.54. The van der Waals surface area contributed by atoms with Crippen LogP contribution in [-0.2, 0) is 9.05 Å². The third-order valence-corrected chi connectivity index (χ3v) is 3.49. The molecule has 1 aromatic carbocycles. The first-order valence-corrected chi connectivity index (χ1v) is 6.65. The van der Waals surface area contributed by atoms with E-state index in [0.29, 0.717) is 0 Å². The summed E-state index contributed by atoms with van der Waals surface area (Å²) in [5.74, 6) is 0. The van der Waals surface area contributed by atoms with Gasteiger partial charge in [0.15, 0.2) is 0 Å². The van der Waals surface area contributed by atoms with Crippen LogP contribution in [0.15, 0.2) is 17.0 Å². The third kappa shape index (κ3) is 1.73. The lowest BCUT2D eigenvalue weighted by atomic mass is 10.2. The fourth-order valence-corrected chi connectivity index (χ4v) is 2.49. The molecule has 0 unspecified atom stereocenters. The van der Waals surface area contributed by atoms with E-state index >= 15 is 0 Å². The normalized spacial score (nSPS) is 11.6. The minimum atomic E-state index is -3.92. The zero-order chi connectivity index (χ0) is 11.9. The summed E-state index contributed by atoms with van der Waals surface area (Å²) in [6.45, 7) is 0. The predicted molar refractivity (Wildman–Crippen MR) is 58.9 cm³/mol. The lowest BCUT2D eigenvalue weighted by Gasteiger charge is -1.98. The Morgan fingerprint density at radius 2 is 2.12 bits per heavy atom. The molecule has 0 amide bonds. The quantitative estimate of drug-likeness (QED) is 0.807. The van der Waals surface area contributed by atoms with Gasteiger partial charge in [-0.3, -0.25) is 0 Å². The summed E-state index contributed by atoms with van der Waals surface area (Å²) in [5, 5.41) is 8.81. The Bertz CT molecular complexity index is 715. The van der Waals surface area contributed by atoms with Crippen LogP contribution in [-0.4, -0.2) is 18.4 Å². The predicted octanol–water partition coefficient (Wildman–Crippen LogP) is 2.02. The second kappa shape index (κ2) is 3.63. The van der Waals surface area contributed by atoms with Gasteiger partial charge in [0.05, 0.1) is 11.1 Å². The zero-order valence-corrected chi connectivity index (χ0v) is 9.86. The van der Waals surface area contributed by atoms with Crippen LogP contribution in [0.3, 0.4) is 0 Å². The van der Waals surface area contributed by atoms with Crippen molar-refractivity contribution in [3.05, 3.63) is 23.0 Å². The molecule has 0 saturated carbocycles. The smallest absolute Gasteiger partial charge is 0.263 e. The van der Waals surface area contributed by atoms with E-state index in [4.69, 9.17) is 27.5 Å². The summed E-state index contributed by atoms with van der Waals surface area (Å²) < 4.78 is 22.5. The maximum absolute atomic E-state index is 11.2. The number of H-pyrrole nitrogens is 1. The second-order valence-corrected chi connectivity index (χ2v) is 5.80. The number of nitrogens with one attached hydrogen (secondary N) is 1. The Balaban J connectivity index is 2.97.